The molecule has 1 amide bonds. The third kappa shape index (κ3) is 5.23. The Morgan fingerprint density at radius 3 is 2.50 bits per heavy atom. The molecule has 1 unspecified atom stereocenters. The highest BCUT2D eigenvalue weighted by atomic mass is 19.1. The molecular weight excluding hydrogens is 359 g/mol. The van der Waals surface area contributed by atoms with Crippen molar-refractivity contribution in [1.82, 2.24) is 10.2 Å². The fourth-order valence-corrected chi connectivity index (χ4v) is 3.31. The molecule has 1 fully saturated rings. The maximum atomic E-state index is 13.1. The van der Waals surface area contributed by atoms with Crippen LogP contribution in [-0.2, 0) is 11.3 Å². The monoisotopic (exact) mass is 386 g/mol. The minimum absolute atomic E-state index is 0.0496. The number of rotatable bonds is 9. The van der Waals surface area contributed by atoms with Gasteiger partial charge < -0.3 is 14.8 Å². The van der Waals surface area contributed by atoms with E-state index in [4.69, 9.17) is 9.47 Å². The fourth-order valence-electron chi connectivity index (χ4n) is 3.31. The van der Waals surface area contributed by atoms with Crippen LogP contribution >= 0.6 is 0 Å². The molecule has 0 heterocycles. The smallest absolute Gasteiger partial charge is 0.234 e. The van der Waals surface area contributed by atoms with E-state index in [-0.39, 0.29) is 17.8 Å². The quantitative estimate of drug-likeness (QED) is 0.714. The third-order valence-corrected chi connectivity index (χ3v) is 4.99. The van der Waals surface area contributed by atoms with Crippen LogP contribution in [0.3, 0.4) is 0 Å². The van der Waals surface area contributed by atoms with Gasteiger partial charge in [-0.05, 0) is 55.7 Å². The molecule has 2 aromatic carbocycles. The zero-order valence-electron chi connectivity index (χ0n) is 16.6. The number of ether oxygens (including phenoxy) is 2. The summed E-state index contributed by atoms with van der Waals surface area (Å²) in [6.07, 6.45) is 2.18. The first-order valence-corrected chi connectivity index (χ1v) is 9.50. The average Bonchev–Trinajstić information content (AvgIpc) is 3.53. The molecule has 1 saturated carbocycles. The van der Waals surface area contributed by atoms with E-state index < -0.39 is 0 Å². The standard InChI is InChI=1S/C22H27FN2O3/c1-15(20-12-19(27-2)10-11-21(20)28-3)24-22(26)14-25(18-8-9-18)13-16-4-6-17(23)7-5-16/h4-7,10-12,15,18H,8-9,13-14H2,1-3H3,(H,24,26). The molecule has 0 spiro atoms. The van der Waals surface area contributed by atoms with Gasteiger partial charge in [0.15, 0.2) is 0 Å². The van der Waals surface area contributed by atoms with Gasteiger partial charge in [-0.3, -0.25) is 9.69 Å². The molecule has 1 N–H and O–H groups in total. The van der Waals surface area contributed by atoms with Crippen molar-refractivity contribution in [3.8, 4) is 11.5 Å². The van der Waals surface area contributed by atoms with Crippen molar-refractivity contribution in [3.63, 3.8) is 0 Å². The zero-order chi connectivity index (χ0) is 20.1. The van der Waals surface area contributed by atoms with Gasteiger partial charge >= 0.3 is 0 Å². The van der Waals surface area contributed by atoms with Crippen molar-refractivity contribution in [2.75, 3.05) is 20.8 Å². The lowest BCUT2D eigenvalue weighted by atomic mass is 10.1. The lowest BCUT2D eigenvalue weighted by Gasteiger charge is -2.24. The van der Waals surface area contributed by atoms with Crippen molar-refractivity contribution in [1.29, 1.82) is 0 Å². The number of nitrogens with one attached hydrogen (secondary N) is 1. The van der Waals surface area contributed by atoms with Crippen molar-refractivity contribution in [2.24, 2.45) is 0 Å². The van der Waals surface area contributed by atoms with Crippen LogP contribution in [0.15, 0.2) is 42.5 Å². The van der Waals surface area contributed by atoms with Gasteiger partial charge in [-0.2, -0.15) is 0 Å². The number of methoxy groups -OCH3 is 2. The minimum Gasteiger partial charge on any atom is -0.497 e. The van der Waals surface area contributed by atoms with Crippen LogP contribution in [-0.4, -0.2) is 37.6 Å². The Morgan fingerprint density at radius 1 is 1.18 bits per heavy atom. The van der Waals surface area contributed by atoms with Crippen molar-refractivity contribution in [2.45, 2.75) is 38.4 Å². The van der Waals surface area contributed by atoms with Gasteiger partial charge in [-0.1, -0.05) is 12.1 Å². The van der Waals surface area contributed by atoms with Gasteiger partial charge in [0.25, 0.3) is 0 Å². The molecule has 0 aliphatic heterocycles. The number of carbonyl (C=O) groups excluding carboxylic acids is 1. The van der Waals surface area contributed by atoms with Crippen LogP contribution < -0.4 is 14.8 Å². The Morgan fingerprint density at radius 2 is 1.89 bits per heavy atom. The molecule has 0 radical (unpaired) electrons. The molecule has 28 heavy (non-hydrogen) atoms. The summed E-state index contributed by atoms with van der Waals surface area (Å²) in [6.45, 7) is 2.87. The Labute approximate surface area is 165 Å². The summed E-state index contributed by atoms with van der Waals surface area (Å²) in [5, 5.41) is 3.05. The largest absolute Gasteiger partial charge is 0.497 e. The summed E-state index contributed by atoms with van der Waals surface area (Å²) < 4.78 is 23.8. The number of amides is 1. The Kier molecular flexibility index (Phi) is 6.52. The van der Waals surface area contributed by atoms with Gasteiger partial charge in [0.1, 0.15) is 17.3 Å². The summed E-state index contributed by atoms with van der Waals surface area (Å²) in [7, 11) is 3.22. The van der Waals surface area contributed by atoms with Crippen LogP contribution in [0.25, 0.3) is 0 Å². The predicted octanol–water partition coefficient (Wildman–Crippen LogP) is 3.68. The highest BCUT2D eigenvalue weighted by molar-refractivity contribution is 5.78. The van der Waals surface area contributed by atoms with Crippen molar-refractivity contribution >= 4 is 5.91 Å². The second-order valence-corrected chi connectivity index (χ2v) is 7.16. The number of hydrogen-bond acceptors (Lipinski definition) is 4. The third-order valence-electron chi connectivity index (χ3n) is 4.99. The van der Waals surface area contributed by atoms with Gasteiger partial charge in [0.2, 0.25) is 5.91 Å². The first kappa shape index (κ1) is 20.1. The molecule has 5 nitrogen and oxygen atoms in total. The Hall–Kier alpha value is -2.60. The van der Waals surface area contributed by atoms with Crippen LogP contribution in [0, 0.1) is 5.82 Å². The van der Waals surface area contributed by atoms with Crippen molar-refractivity contribution in [3.05, 3.63) is 59.4 Å². The van der Waals surface area contributed by atoms with E-state index in [9.17, 15) is 9.18 Å². The van der Waals surface area contributed by atoms with E-state index in [1.807, 2.05) is 25.1 Å². The predicted molar refractivity (Wildman–Crippen MR) is 106 cm³/mol. The molecule has 1 atom stereocenters. The van der Waals surface area contributed by atoms with Gasteiger partial charge in [-0.15, -0.1) is 0 Å². The second kappa shape index (κ2) is 9.06. The molecule has 0 saturated heterocycles. The van der Waals surface area contributed by atoms with E-state index in [1.54, 1.807) is 26.4 Å². The second-order valence-electron chi connectivity index (χ2n) is 7.16. The maximum absolute atomic E-state index is 13.1. The average molecular weight is 386 g/mol. The van der Waals surface area contributed by atoms with E-state index in [2.05, 4.69) is 10.2 Å². The normalized spacial score (nSPS) is 14.6. The first-order valence-electron chi connectivity index (χ1n) is 9.50. The Balaban J connectivity index is 1.63. The number of hydrogen-bond donors (Lipinski definition) is 1. The summed E-state index contributed by atoms with van der Waals surface area (Å²) in [5.41, 5.74) is 1.87. The molecule has 150 valence electrons. The first-order chi connectivity index (χ1) is 13.5. The molecule has 2 aromatic rings. The highest BCUT2D eigenvalue weighted by Gasteiger charge is 2.30. The summed E-state index contributed by atoms with van der Waals surface area (Å²) in [4.78, 5) is 14.8. The fraction of sp³-hybridized carbons (Fsp3) is 0.409. The van der Waals surface area contributed by atoms with E-state index >= 15 is 0 Å². The van der Waals surface area contributed by atoms with E-state index in [0.29, 0.717) is 30.6 Å². The SMILES string of the molecule is COc1ccc(OC)c(C(C)NC(=O)CN(Cc2ccc(F)cc2)C2CC2)c1. The van der Waals surface area contributed by atoms with Crippen LogP contribution in [0.2, 0.25) is 0 Å². The topological polar surface area (TPSA) is 50.8 Å². The number of carbonyl (C=O) groups is 1. The lowest BCUT2D eigenvalue weighted by molar-refractivity contribution is -0.123. The van der Waals surface area contributed by atoms with Crippen LogP contribution in [0.1, 0.15) is 36.9 Å². The number of halogens is 1. The van der Waals surface area contributed by atoms with E-state index in [0.717, 1.165) is 24.0 Å². The van der Waals surface area contributed by atoms with Gasteiger partial charge in [0.05, 0.1) is 26.8 Å². The minimum atomic E-state index is -0.250. The molecule has 0 aromatic heterocycles. The molecule has 3 rings (SSSR count). The molecule has 1 aliphatic carbocycles. The van der Waals surface area contributed by atoms with Crippen molar-refractivity contribution < 1.29 is 18.7 Å². The molecule has 1 aliphatic rings. The number of nitrogens with zero attached hydrogens (tertiary/aromatic N) is 1. The Bertz CT molecular complexity index is 806. The maximum Gasteiger partial charge on any atom is 0.234 e. The lowest BCUT2D eigenvalue weighted by Crippen LogP contribution is -2.39. The summed E-state index contributed by atoms with van der Waals surface area (Å²) >= 11 is 0. The van der Waals surface area contributed by atoms with Gasteiger partial charge in [0, 0.05) is 18.2 Å². The van der Waals surface area contributed by atoms with Crippen LogP contribution in [0.4, 0.5) is 4.39 Å². The number of benzene rings is 2. The van der Waals surface area contributed by atoms with Crippen LogP contribution in [0.5, 0.6) is 11.5 Å². The highest BCUT2D eigenvalue weighted by Crippen LogP contribution is 2.30. The molecular formula is C22H27FN2O3. The molecule has 0 bridgehead atoms. The van der Waals surface area contributed by atoms with Gasteiger partial charge in [-0.25, -0.2) is 4.39 Å². The molecule has 6 heteroatoms. The zero-order valence-corrected chi connectivity index (χ0v) is 16.6. The van der Waals surface area contributed by atoms with E-state index in [1.165, 1.54) is 12.1 Å². The summed E-state index contributed by atoms with van der Waals surface area (Å²) in [6, 6.07) is 12.2. The summed E-state index contributed by atoms with van der Waals surface area (Å²) in [5.74, 6) is 1.12.